The minimum Gasteiger partial charge on any atom is -0.481 e. The molecule has 2 fully saturated rings. The standard InChI is InChI=1S/C12H20N2O3S/c1-8-9(2)18-6-5-14(8)11(17)13-7-12(3-4-12)10(15)16/h8-9H,3-7H2,1-2H3,(H,13,17)(H,15,16). The third-order valence-electron chi connectivity index (χ3n) is 4.03. The third-order valence-corrected chi connectivity index (χ3v) is 5.37. The molecule has 6 heteroatoms. The smallest absolute Gasteiger partial charge is 0.317 e. The van der Waals surface area contributed by atoms with E-state index >= 15 is 0 Å². The van der Waals surface area contributed by atoms with Crippen molar-refractivity contribution in [3.8, 4) is 0 Å². The van der Waals surface area contributed by atoms with Gasteiger partial charge in [0.05, 0.1) is 5.41 Å². The van der Waals surface area contributed by atoms with Crippen LogP contribution in [0.25, 0.3) is 0 Å². The Bertz CT molecular complexity index is 357. The van der Waals surface area contributed by atoms with E-state index in [4.69, 9.17) is 5.11 Å². The molecule has 2 N–H and O–H groups in total. The Labute approximate surface area is 111 Å². The Morgan fingerprint density at radius 3 is 2.67 bits per heavy atom. The first-order valence-corrected chi connectivity index (χ1v) is 7.41. The minimum atomic E-state index is -0.793. The van der Waals surface area contributed by atoms with Gasteiger partial charge in [0, 0.05) is 30.1 Å². The zero-order valence-corrected chi connectivity index (χ0v) is 11.6. The van der Waals surface area contributed by atoms with Gasteiger partial charge in [-0.05, 0) is 19.8 Å². The number of carbonyl (C=O) groups is 2. The van der Waals surface area contributed by atoms with Crippen molar-refractivity contribution in [3.63, 3.8) is 0 Å². The molecule has 1 heterocycles. The maximum atomic E-state index is 12.1. The number of hydrogen-bond donors (Lipinski definition) is 2. The summed E-state index contributed by atoms with van der Waals surface area (Å²) in [6.45, 7) is 5.16. The number of rotatable bonds is 3. The van der Waals surface area contributed by atoms with Crippen molar-refractivity contribution in [2.75, 3.05) is 18.8 Å². The lowest BCUT2D eigenvalue weighted by atomic mass is 10.1. The normalized spacial score (nSPS) is 29.8. The molecular weight excluding hydrogens is 252 g/mol. The predicted octanol–water partition coefficient (Wildman–Crippen LogP) is 1.39. The number of carboxylic acid groups (broad SMARTS) is 1. The van der Waals surface area contributed by atoms with Crippen LogP contribution in [0.1, 0.15) is 26.7 Å². The van der Waals surface area contributed by atoms with Gasteiger partial charge < -0.3 is 15.3 Å². The highest BCUT2D eigenvalue weighted by molar-refractivity contribution is 8.00. The molecule has 0 aromatic rings. The molecule has 0 spiro atoms. The van der Waals surface area contributed by atoms with E-state index in [-0.39, 0.29) is 18.6 Å². The van der Waals surface area contributed by atoms with Gasteiger partial charge in [-0.15, -0.1) is 0 Å². The minimum absolute atomic E-state index is 0.123. The third kappa shape index (κ3) is 2.58. The Balaban J connectivity index is 1.86. The zero-order valence-electron chi connectivity index (χ0n) is 10.8. The highest BCUT2D eigenvalue weighted by Gasteiger charge is 2.50. The van der Waals surface area contributed by atoms with E-state index in [2.05, 4.69) is 12.2 Å². The van der Waals surface area contributed by atoms with E-state index in [0.717, 1.165) is 12.3 Å². The molecule has 2 aliphatic rings. The largest absolute Gasteiger partial charge is 0.481 e. The lowest BCUT2D eigenvalue weighted by Crippen LogP contribution is -2.53. The van der Waals surface area contributed by atoms with Crippen molar-refractivity contribution < 1.29 is 14.7 Å². The molecule has 2 amide bonds. The van der Waals surface area contributed by atoms with Crippen LogP contribution in [0, 0.1) is 5.41 Å². The first-order valence-electron chi connectivity index (χ1n) is 6.36. The van der Waals surface area contributed by atoms with Crippen LogP contribution in [0.5, 0.6) is 0 Å². The molecule has 1 saturated carbocycles. The molecule has 0 radical (unpaired) electrons. The van der Waals surface area contributed by atoms with E-state index in [0.29, 0.717) is 18.1 Å². The van der Waals surface area contributed by atoms with E-state index < -0.39 is 11.4 Å². The highest BCUT2D eigenvalue weighted by atomic mass is 32.2. The first-order chi connectivity index (χ1) is 8.46. The number of hydrogen-bond acceptors (Lipinski definition) is 3. The van der Waals surface area contributed by atoms with Crippen molar-refractivity contribution >= 4 is 23.8 Å². The second kappa shape index (κ2) is 4.99. The SMILES string of the molecule is CC1SCCN(C(=O)NCC2(C(=O)O)CC2)C1C. The number of nitrogens with one attached hydrogen (secondary N) is 1. The molecule has 5 nitrogen and oxygen atoms in total. The summed E-state index contributed by atoms with van der Waals surface area (Å²) >= 11 is 1.87. The number of urea groups is 1. The van der Waals surface area contributed by atoms with Gasteiger partial charge >= 0.3 is 12.0 Å². The highest BCUT2D eigenvalue weighted by Crippen LogP contribution is 2.45. The van der Waals surface area contributed by atoms with Crippen molar-refractivity contribution in [2.45, 2.75) is 38.0 Å². The van der Waals surface area contributed by atoms with E-state index in [9.17, 15) is 9.59 Å². The molecule has 102 valence electrons. The van der Waals surface area contributed by atoms with Crippen LogP contribution < -0.4 is 5.32 Å². The fourth-order valence-electron chi connectivity index (χ4n) is 2.18. The number of amides is 2. The fourth-order valence-corrected chi connectivity index (χ4v) is 3.28. The molecule has 0 aromatic heterocycles. The van der Waals surface area contributed by atoms with Gasteiger partial charge in [0.25, 0.3) is 0 Å². The summed E-state index contributed by atoms with van der Waals surface area (Å²) < 4.78 is 0. The summed E-state index contributed by atoms with van der Waals surface area (Å²) in [5, 5.41) is 12.3. The summed E-state index contributed by atoms with van der Waals surface area (Å²) in [6.07, 6.45) is 1.34. The molecule has 2 unspecified atom stereocenters. The molecule has 0 aromatic carbocycles. The van der Waals surface area contributed by atoms with Crippen LogP contribution in [-0.4, -0.2) is 52.1 Å². The molecule has 1 aliphatic carbocycles. The molecule has 18 heavy (non-hydrogen) atoms. The van der Waals surface area contributed by atoms with E-state index in [1.54, 1.807) is 0 Å². The molecular formula is C12H20N2O3S. The van der Waals surface area contributed by atoms with Crippen LogP contribution in [0.2, 0.25) is 0 Å². The maximum absolute atomic E-state index is 12.1. The topological polar surface area (TPSA) is 69.6 Å². The molecule has 0 bridgehead atoms. The van der Waals surface area contributed by atoms with Crippen LogP contribution in [-0.2, 0) is 4.79 Å². The zero-order chi connectivity index (χ0) is 13.3. The Morgan fingerprint density at radius 1 is 1.44 bits per heavy atom. The molecule has 2 atom stereocenters. The molecule has 2 rings (SSSR count). The van der Waals surface area contributed by atoms with Gasteiger partial charge in [-0.2, -0.15) is 11.8 Å². The lowest BCUT2D eigenvalue weighted by Gasteiger charge is -2.37. The summed E-state index contributed by atoms with van der Waals surface area (Å²) in [6, 6.07) is 0.0749. The Kier molecular flexibility index (Phi) is 3.75. The second-order valence-electron chi connectivity index (χ2n) is 5.25. The number of nitrogens with zero attached hydrogens (tertiary/aromatic N) is 1. The van der Waals surface area contributed by atoms with Crippen molar-refractivity contribution in [1.82, 2.24) is 10.2 Å². The van der Waals surface area contributed by atoms with E-state index in [1.807, 2.05) is 23.6 Å². The van der Waals surface area contributed by atoms with Gasteiger partial charge in [0.1, 0.15) is 0 Å². The monoisotopic (exact) mass is 272 g/mol. The molecule has 1 aliphatic heterocycles. The summed E-state index contributed by atoms with van der Waals surface area (Å²) in [5.74, 6) is 0.154. The Morgan fingerprint density at radius 2 is 2.11 bits per heavy atom. The fraction of sp³-hybridized carbons (Fsp3) is 0.833. The van der Waals surface area contributed by atoms with Gasteiger partial charge in [-0.1, -0.05) is 6.92 Å². The number of carboxylic acids is 1. The van der Waals surface area contributed by atoms with Crippen LogP contribution in [0.4, 0.5) is 4.79 Å². The predicted molar refractivity (Wildman–Crippen MR) is 70.8 cm³/mol. The van der Waals surface area contributed by atoms with Crippen LogP contribution in [0.15, 0.2) is 0 Å². The number of aliphatic carboxylic acids is 1. The van der Waals surface area contributed by atoms with Gasteiger partial charge in [-0.25, -0.2) is 4.79 Å². The van der Waals surface area contributed by atoms with Crippen molar-refractivity contribution in [3.05, 3.63) is 0 Å². The summed E-state index contributed by atoms with van der Waals surface area (Å²) in [4.78, 5) is 24.9. The van der Waals surface area contributed by atoms with Gasteiger partial charge in [0.15, 0.2) is 0 Å². The second-order valence-corrected chi connectivity index (χ2v) is 6.74. The quantitative estimate of drug-likeness (QED) is 0.814. The average Bonchev–Trinajstić information content (AvgIpc) is 3.11. The number of carbonyl (C=O) groups excluding carboxylic acids is 1. The lowest BCUT2D eigenvalue weighted by molar-refractivity contribution is -0.143. The summed E-state index contributed by atoms with van der Waals surface area (Å²) in [7, 11) is 0. The van der Waals surface area contributed by atoms with Crippen LogP contribution >= 0.6 is 11.8 Å². The first kappa shape index (κ1) is 13.5. The Hall–Kier alpha value is -0.910. The van der Waals surface area contributed by atoms with E-state index in [1.165, 1.54) is 0 Å². The van der Waals surface area contributed by atoms with Crippen molar-refractivity contribution in [2.24, 2.45) is 5.41 Å². The van der Waals surface area contributed by atoms with Gasteiger partial charge in [0.2, 0.25) is 0 Å². The average molecular weight is 272 g/mol. The number of thioether (sulfide) groups is 1. The molecule has 1 saturated heterocycles. The maximum Gasteiger partial charge on any atom is 0.317 e. The summed E-state index contributed by atoms with van der Waals surface area (Å²) in [5.41, 5.74) is -0.685. The van der Waals surface area contributed by atoms with Gasteiger partial charge in [-0.3, -0.25) is 4.79 Å². The van der Waals surface area contributed by atoms with Crippen molar-refractivity contribution in [1.29, 1.82) is 0 Å². The van der Waals surface area contributed by atoms with Crippen LogP contribution in [0.3, 0.4) is 0 Å².